The molecule has 7 heteroatoms. The Kier molecular flexibility index (Phi) is 2.70. The number of nitrogen functional groups attached to an aromatic ring is 1. The van der Waals surface area contributed by atoms with Crippen LogP contribution in [0.25, 0.3) is 0 Å². The second kappa shape index (κ2) is 3.77. The van der Waals surface area contributed by atoms with Gasteiger partial charge >= 0.3 is 11.7 Å². The van der Waals surface area contributed by atoms with Gasteiger partial charge in [0.05, 0.1) is 6.42 Å². The van der Waals surface area contributed by atoms with Crippen molar-refractivity contribution in [3.05, 3.63) is 27.0 Å². The van der Waals surface area contributed by atoms with Crippen LogP contribution in [-0.4, -0.2) is 20.6 Å². The van der Waals surface area contributed by atoms with Crippen LogP contribution in [0.1, 0.15) is 6.42 Å². The number of aliphatic carboxylic acids is 1. The largest absolute Gasteiger partial charge is 0.481 e. The average molecular weight is 199 g/mol. The second-order valence-electron chi connectivity index (χ2n) is 2.68. The summed E-state index contributed by atoms with van der Waals surface area (Å²) in [7, 11) is 0. The molecule has 0 aliphatic rings. The Balaban J connectivity index is 2.99. The van der Waals surface area contributed by atoms with Gasteiger partial charge in [-0.3, -0.25) is 19.1 Å². The lowest BCUT2D eigenvalue weighted by Crippen LogP contribution is -2.31. The fraction of sp³-hybridized carbons (Fsp3) is 0.286. The number of hydrogen-bond acceptors (Lipinski definition) is 4. The second-order valence-corrected chi connectivity index (χ2v) is 2.68. The summed E-state index contributed by atoms with van der Waals surface area (Å²) in [5.74, 6) is -1.03. The molecule has 1 heterocycles. The Morgan fingerprint density at radius 1 is 1.57 bits per heavy atom. The van der Waals surface area contributed by atoms with Crippen molar-refractivity contribution in [2.24, 2.45) is 0 Å². The van der Waals surface area contributed by atoms with Crippen LogP contribution in [0.2, 0.25) is 0 Å². The van der Waals surface area contributed by atoms with Gasteiger partial charge < -0.3 is 10.8 Å². The highest BCUT2D eigenvalue weighted by molar-refractivity contribution is 5.66. The number of H-pyrrole nitrogens is 1. The van der Waals surface area contributed by atoms with E-state index >= 15 is 0 Å². The van der Waals surface area contributed by atoms with Gasteiger partial charge in [-0.05, 0) is 0 Å². The maximum Gasteiger partial charge on any atom is 0.328 e. The van der Waals surface area contributed by atoms with E-state index < -0.39 is 17.2 Å². The van der Waals surface area contributed by atoms with Gasteiger partial charge in [-0.1, -0.05) is 0 Å². The number of rotatable bonds is 3. The molecule has 0 saturated heterocycles. The SMILES string of the molecule is Nc1cn(CCC(=O)O)c(=O)[nH]c1=O. The molecule has 0 radical (unpaired) electrons. The van der Waals surface area contributed by atoms with Crippen LogP contribution in [0.3, 0.4) is 0 Å². The Bertz CT molecular complexity index is 459. The lowest BCUT2D eigenvalue weighted by molar-refractivity contribution is -0.137. The normalized spacial score (nSPS) is 10.0. The number of nitrogens with one attached hydrogen (secondary N) is 1. The highest BCUT2D eigenvalue weighted by Crippen LogP contribution is 1.89. The predicted octanol–water partition coefficient (Wildman–Crippen LogP) is -1.41. The molecule has 0 amide bonds. The zero-order valence-corrected chi connectivity index (χ0v) is 7.19. The van der Waals surface area contributed by atoms with Crippen molar-refractivity contribution in [1.82, 2.24) is 9.55 Å². The molecule has 0 aliphatic heterocycles. The fourth-order valence-electron chi connectivity index (χ4n) is 0.908. The van der Waals surface area contributed by atoms with Crippen molar-refractivity contribution < 1.29 is 9.90 Å². The third kappa shape index (κ3) is 2.22. The molecule has 7 nitrogen and oxygen atoms in total. The van der Waals surface area contributed by atoms with E-state index in [1.54, 1.807) is 0 Å². The van der Waals surface area contributed by atoms with Crippen LogP contribution in [0.5, 0.6) is 0 Å². The van der Waals surface area contributed by atoms with Crippen LogP contribution in [-0.2, 0) is 11.3 Å². The number of carboxylic acids is 1. The van der Waals surface area contributed by atoms with Gasteiger partial charge in [0.25, 0.3) is 5.56 Å². The van der Waals surface area contributed by atoms with Gasteiger partial charge in [0.1, 0.15) is 5.69 Å². The molecule has 0 saturated carbocycles. The number of anilines is 1. The van der Waals surface area contributed by atoms with Gasteiger partial charge in [0, 0.05) is 12.7 Å². The lowest BCUT2D eigenvalue weighted by Gasteiger charge is -2.02. The minimum Gasteiger partial charge on any atom is -0.481 e. The molecule has 0 aliphatic carbocycles. The zero-order valence-electron chi connectivity index (χ0n) is 7.19. The molecule has 4 N–H and O–H groups in total. The van der Waals surface area contributed by atoms with Gasteiger partial charge in [0.2, 0.25) is 0 Å². The Hall–Kier alpha value is -2.05. The molecule has 0 fully saturated rings. The molecule has 76 valence electrons. The summed E-state index contributed by atoms with van der Waals surface area (Å²) in [6.45, 7) is -0.0187. The topological polar surface area (TPSA) is 118 Å². The maximum absolute atomic E-state index is 11.1. The van der Waals surface area contributed by atoms with Gasteiger partial charge in [-0.15, -0.1) is 0 Å². The van der Waals surface area contributed by atoms with Gasteiger partial charge in [0.15, 0.2) is 0 Å². The van der Waals surface area contributed by atoms with Crippen LogP contribution in [0.4, 0.5) is 5.69 Å². The molecule has 0 atom stereocenters. The summed E-state index contributed by atoms with van der Waals surface area (Å²) in [6.07, 6.45) is 0.926. The van der Waals surface area contributed by atoms with E-state index in [1.165, 1.54) is 0 Å². The van der Waals surface area contributed by atoms with Crippen molar-refractivity contribution >= 4 is 11.7 Å². The van der Waals surface area contributed by atoms with Crippen molar-refractivity contribution in [3.63, 3.8) is 0 Å². The van der Waals surface area contributed by atoms with E-state index in [0.717, 1.165) is 10.8 Å². The van der Waals surface area contributed by atoms with E-state index in [2.05, 4.69) is 0 Å². The molecule has 0 bridgehead atoms. The standard InChI is InChI=1S/C7H9N3O4/c8-4-3-10(2-1-5(11)12)7(14)9-6(4)13/h3H,1-2,8H2,(H,11,12)(H,9,13,14). The Morgan fingerprint density at radius 2 is 2.21 bits per heavy atom. The number of hydrogen-bond donors (Lipinski definition) is 3. The molecule has 0 spiro atoms. The van der Waals surface area contributed by atoms with Crippen molar-refractivity contribution in [1.29, 1.82) is 0 Å². The van der Waals surface area contributed by atoms with E-state index in [4.69, 9.17) is 10.8 Å². The third-order valence-electron chi connectivity index (χ3n) is 1.61. The quantitative estimate of drug-likeness (QED) is 0.552. The van der Waals surface area contributed by atoms with E-state index in [9.17, 15) is 14.4 Å². The average Bonchev–Trinajstić information content (AvgIpc) is 2.09. The van der Waals surface area contributed by atoms with E-state index in [1.807, 2.05) is 4.98 Å². The first-order chi connectivity index (χ1) is 6.50. The predicted molar refractivity (Wildman–Crippen MR) is 48.0 cm³/mol. The summed E-state index contributed by atoms with van der Waals surface area (Å²) in [6, 6.07) is 0. The molecule has 1 aromatic rings. The molecule has 0 unspecified atom stereocenters. The number of aromatic amines is 1. The summed E-state index contributed by atoms with van der Waals surface area (Å²) in [5, 5.41) is 8.37. The summed E-state index contributed by atoms with van der Waals surface area (Å²) in [4.78, 5) is 34.1. The van der Waals surface area contributed by atoms with E-state index in [0.29, 0.717) is 0 Å². The summed E-state index contributed by atoms with van der Waals surface area (Å²) >= 11 is 0. The monoisotopic (exact) mass is 199 g/mol. The lowest BCUT2D eigenvalue weighted by atomic mass is 10.4. The molecule has 0 aromatic carbocycles. The molecule has 1 rings (SSSR count). The van der Waals surface area contributed by atoms with Gasteiger partial charge in [-0.25, -0.2) is 4.79 Å². The van der Waals surface area contributed by atoms with Crippen LogP contribution >= 0.6 is 0 Å². The Morgan fingerprint density at radius 3 is 2.79 bits per heavy atom. The third-order valence-corrected chi connectivity index (χ3v) is 1.61. The first-order valence-electron chi connectivity index (χ1n) is 3.81. The summed E-state index contributed by atoms with van der Waals surface area (Å²) < 4.78 is 1.05. The molecular weight excluding hydrogens is 190 g/mol. The first kappa shape index (κ1) is 10.0. The highest BCUT2D eigenvalue weighted by atomic mass is 16.4. The first-order valence-corrected chi connectivity index (χ1v) is 3.81. The minimum absolute atomic E-state index is 0.0187. The van der Waals surface area contributed by atoms with Crippen LogP contribution in [0.15, 0.2) is 15.8 Å². The summed E-state index contributed by atoms with van der Waals surface area (Å²) in [5.41, 5.74) is 3.80. The highest BCUT2D eigenvalue weighted by Gasteiger charge is 2.03. The number of carboxylic acid groups (broad SMARTS) is 1. The fourth-order valence-corrected chi connectivity index (χ4v) is 0.908. The Labute approximate surface area is 77.8 Å². The van der Waals surface area contributed by atoms with Crippen LogP contribution < -0.4 is 17.0 Å². The van der Waals surface area contributed by atoms with Crippen molar-refractivity contribution in [2.45, 2.75) is 13.0 Å². The van der Waals surface area contributed by atoms with E-state index in [-0.39, 0.29) is 18.7 Å². The zero-order chi connectivity index (χ0) is 10.7. The van der Waals surface area contributed by atoms with Crippen molar-refractivity contribution in [2.75, 3.05) is 5.73 Å². The number of nitrogens with two attached hydrogens (primary N) is 1. The number of aryl methyl sites for hydroxylation is 1. The molecule has 1 aromatic heterocycles. The molecular formula is C7H9N3O4. The minimum atomic E-state index is -1.03. The van der Waals surface area contributed by atoms with Gasteiger partial charge in [-0.2, -0.15) is 0 Å². The maximum atomic E-state index is 11.1. The number of nitrogens with zero attached hydrogens (tertiary/aromatic N) is 1. The number of carbonyl (C=O) groups is 1. The number of aromatic nitrogens is 2. The smallest absolute Gasteiger partial charge is 0.328 e. The van der Waals surface area contributed by atoms with Crippen molar-refractivity contribution in [3.8, 4) is 0 Å². The molecule has 14 heavy (non-hydrogen) atoms. The van der Waals surface area contributed by atoms with Crippen LogP contribution in [0, 0.1) is 0 Å².